The van der Waals surface area contributed by atoms with Crippen LogP contribution in [0.1, 0.15) is 113 Å². The molecule has 11 atom stereocenters. The molecule has 0 aromatic rings. The van der Waals surface area contributed by atoms with Gasteiger partial charge in [0.25, 0.3) is 0 Å². The zero-order valence-electron chi connectivity index (χ0n) is 23.2. The molecule has 4 saturated carbocycles. The maximum Gasteiger partial charge on any atom is 0.0865 e. The van der Waals surface area contributed by atoms with Crippen LogP contribution in [0.4, 0.5) is 0 Å². The molecular weight excluding hydrogens is 424 g/mol. The van der Waals surface area contributed by atoms with E-state index < -0.39 is 5.60 Å². The molecule has 0 bridgehead atoms. The number of ether oxygens (including phenoxy) is 1. The molecule has 0 aromatic carbocycles. The van der Waals surface area contributed by atoms with Crippen molar-refractivity contribution in [2.75, 3.05) is 0 Å². The summed E-state index contributed by atoms with van der Waals surface area (Å²) in [6.07, 6.45) is 8.72. The molecule has 0 unspecified atom stereocenters. The maximum absolute atomic E-state index is 11.9. The van der Waals surface area contributed by atoms with Gasteiger partial charge in [-0.3, -0.25) is 0 Å². The third-order valence-electron chi connectivity index (χ3n) is 13.3. The molecule has 4 nitrogen and oxygen atoms in total. The van der Waals surface area contributed by atoms with Gasteiger partial charge in [-0.25, -0.2) is 0 Å². The highest BCUT2D eigenvalue weighted by Gasteiger charge is 2.71. The van der Waals surface area contributed by atoms with Crippen LogP contribution in [0.5, 0.6) is 0 Å². The Bertz CT molecular complexity index is 817. The molecule has 3 N–H and O–H groups in total. The summed E-state index contributed by atoms with van der Waals surface area (Å²) in [7, 11) is 0. The van der Waals surface area contributed by atoms with Crippen LogP contribution < -0.4 is 0 Å². The fourth-order valence-corrected chi connectivity index (χ4v) is 11.1. The number of fused-ring (bicyclic) bond motifs is 5. The van der Waals surface area contributed by atoms with Crippen molar-refractivity contribution in [1.82, 2.24) is 0 Å². The fraction of sp³-hybridized carbons (Fsp3) is 1.00. The van der Waals surface area contributed by atoms with Gasteiger partial charge in [0.05, 0.1) is 29.5 Å². The van der Waals surface area contributed by atoms with Crippen LogP contribution in [0.15, 0.2) is 0 Å². The average Bonchev–Trinajstić information content (AvgIpc) is 3.30. The first kappa shape index (κ1) is 25.5. The Morgan fingerprint density at radius 3 is 2.03 bits per heavy atom. The SMILES string of the molecule is CC(C)(O)[C@@H]1CC[C@@](C)([C@H]2CC[C@@]3(C)[C@H]2[C@@H](O)C[C@@H]2[C@@]4(C)CC[C@H](O)C(C)(C)[C@H]4CC[C@]23C)O1. The molecule has 4 aliphatic carbocycles. The zero-order chi connectivity index (χ0) is 25.1. The fourth-order valence-electron chi connectivity index (χ4n) is 11.1. The van der Waals surface area contributed by atoms with E-state index in [0.29, 0.717) is 17.8 Å². The lowest BCUT2D eigenvalue weighted by Gasteiger charge is -2.70. The predicted octanol–water partition coefficient (Wildman–Crippen LogP) is 5.71. The molecule has 5 fully saturated rings. The van der Waals surface area contributed by atoms with Crippen molar-refractivity contribution in [2.45, 2.75) is 143 Å². The van der Waals surface area contributed by atoms with Crippen molar-refractivity contribution in [1.29, 1.82) is 0 Å². The van der Waals surface area contributed by atoms with E-state index in [4.69, 9.17) is 4.74 Å². The van der Waals surface area contributed by atoms with Crippen LogP contribution in [0.3, 0.4) is 0 Å². The van der Waals surface area contributed by atoms with Gasteiger partial charge in [-0.1, -0.05) is 34.6 Å². The first-order valence-electron chi connectivity index (χ1n) is 14.3. The number of hydrogen-bond donors (Lipinski definition) is 3. The lowest BCUT2D eigenvalue weighted by atomic mass is 9.35. The van der Waals surface area contributed by atoms with Crippen molar-refractivity contribution in [3.8, 4) is 0 Å². The second-order valence-electron chi connectivity index (χ2n) is 15.4. The van der Waals surface area contributed by atoms with Crippen LogP contribution in [0.2, 0.25) is 0 Å². The predicted molar refractivity (Wildman–Crippen MR) is 135 cm³/mol. The van der Waals surface area contributed by atoms with Gasteiger partial charge in [0.15, 0.2) is 0 Å². The average molecular weight is 477 g/mol. The van der Waals surface area contributed by atoms with Gasteiger partial charge in [0.1, 0.15) is 0 Å². The highest BCUT2D eigenvalue weighted by Crippen LogP contribution is 2.76. The number of aliphatic hydroxyl groups excluding tert-OH is 2. The molecule has 1 saturated heterocycles. The van der Waals surface area contributed by atoms with Crippen LogP contribution in [0.25, 0.3) is 0 Å². The van der Waals surface area contributed by atoms with E-state index in [0.717, 1.165) is 44.9 Å². The largest absolute Gasteiger partial charge is 0.393 e. The molecular formula is C30H52O4. The second kappa shape index (κ2) is 7.45. The van der Waals surface area contributed by atoms with Gasteiger partial charge < -0.3 is 20.1 Å². The van der Waals surface area contributed by atoms with Crippen LogP contribution >= 0.6 is 0 Å². The summed E-state index contributed by atoms with van der Waals surface area (Å²) in [5, 5.41) is 33.4. The van der Waals surface area contributed by atoms with Crippen molar-refractivity contribution in [3.63, 3.8) is 0 Å². The Balaban J connectivity index is 1.48. The molecule has 1 heterocycles. The third kappa shape index (κ3) is 3.16. The summed E-state index contributed by atoms with van der Waals surface area (Å²) in [6.45, 7) is 18.1. The highest BCUT2D eigenvalue weighted by molar-refractivity contribution is 5.20. The Morgan fingerprint density at radius 1 is 0.765 bits per heavy atom. The Hall–Kier alpha value is -0.160. The molecule has 5 aliphatic rings. The summed E-state index contributed by atoms with van der Waals surface area (Å²) in [6, 6.07) is 0. The number of hydrogen-bond acceptors (Lipinski definition) is 4. The smallest absolute Gasteiger partial charge is 0.0865 e. The number of rotatable bonds is 2. The Kier molecular flexibility index (Phi) is 5.59. The Morgan fingerprint density at radius 2 is 1.41 bits per heavy atom. The summed E-state index contributed by atoms with van der Waals surface area (Å²) in [5.41, 5.74) is -0.703. The van der Waals surface area contributed by atoms with E-state index in [2.05, 4.69) is 41.5 Å². The standard InChI is InChI=1S/C30H52O4/c1-25(2)20-10-15-28(6)21(27(20,5)13-11-22(25)32)17-19(31)24-18(9-14-29(24,28)7)30(8)16-12-23(34-30)26(3,4)33/h18-24,31-33H,9-17H2,1-8H3/t18-,19-,20+,21+,22-,23-,24+,27-,28+,29-,30-/m0/s1. The first-order chi connectivity index (χ1) is 15.5. The summed E-state index contributed by atoms with van der Waals surface area (Å²) < 4.78 is 6.66. The lowest BCUT2D eigenvalue weighted by Crippen LogP contribution is -2.66. The third-order valence-corrected chi connectivity index (χ3v) is 13.3. The summed E-state index contributed by atoms with van der Waals surface area (Å²) >= 11 is 0. The van der Waals surface area contributed by atoms with Crippen LogP contribution in [0, 0.1) is 45.3 Å². The molecule has 196 valence electrons. The number of aliphatic hydroxyl groups is 3. The first-order valence-corrected chi connectivity index (χ1v) is 14.3. The van der Waals surface area contributed by atoms with Crippen LogP contribution in [-0.4, -0.2) is 44.8 Å². The molecule has 4 heteroatoms. The molecule has 34 heavy (non-hydrogen) atoms. The van der Waals surface area contributed by atoms with E-state index in [1.807, 2.05) is 13.8 Å². The quantitative estimate of drug-likeness (QED) is 0.477. The van der Waals surface area contributed by atoms with Crippen molar-refractivity contribution in [2.24, 2.45) is 45.3 Å². The van der Waals surface area contributed by atoms with Gasteiger partial charge in [0.2, 0.25) is 0 Å². The van der Waals surface area contributed by atoms with Gasteiger partial charge in [-0.2, -0.15) is 0 Å². The second-order valence-corrected chi connectivity index (χ2v) is 15.4. The van der Waals surface area contributed by atoms with Crippen molar-refractivity contribution >= 4 is 0 Å². The molecule has 0 spiro atoms. The lowest BCUT2D eigenvalue weighted by molar-refractivity contribution is -0.248. The van der Waals surface area contributed by atoms with E-state index in [1.165, 1.54) is 12.8 Å². The minimum atomic E-state index is -0.826. The normalized spacial score (nSPS) is 57.1. The van der Waals surface area contributed by atoms with Gasteiger partial charge in [-0.05, 0) is 124 Å². The summed E-state index contributed by atoms with van der Waals surface area (Å²) in [5.74, 6) is 1.59. The summed E-state index contributed by atoms with van der Waals surface area (Å²) in [4.78, 5) is 0. The topological polar surface area (TPSA) is 69.9 Å². The van der Waals surface area contributed by atoms with Gasteiger partial charge in [0, 0.05) is 0 Å². The minimum absolute atomic E-state index is 0.0630. The van der Waals surface area contributed by atoms with Crippen LogP contribution in [-0.2, 0) is 4.74 Å². The van der Waals surface area contributed by atoms with Gasteiger partial charge in [-0.15, -0.1) is 0 Å². The monoisotopic (exact) mass is 476 g/mol. The van der Waals surface area contributed by atoms with E-state index in [9.17, 15) is 15.3 Å². The van der Waals surface area contributed by atoms with Crippen molar-refractivity contribution in [3.05, 3.63) is 0 Å². The van der Waals surface area contributed by atoms with E-state index >= 15 is 0 Å². The molecule has 5 rings (SSSR count). The van der Waals surface area contributed by atoms with Gasteiger partial charge >= 0.3 is 0 Å². The Labute approximate surface area is 208 Å². The van der Waals surface area contributed by atoms with E-state index in [1.54, 1.807) is 0 Å². The molecule has 0 amide bonds. The molecule has 0 aromatic heterocycles. The molecule has 1 aliphatic heterocycles. The molecule has 0 radical (unpaired) electrons. The highest BCUT2D eigenvalue weighted by atomic mass is 16.5. The minimum Gasteiger partial charge on any atom is -0.393 e. The zero-order valence-corrected chi connectivity index (χ0v) is 23.2. The maximum atomic E-state index is 11.9. The van der Waals surface area contributed by atoms with E-state index in [-0.39, 0.29) is 51.5 Å². The van der Waals surface area contributed by atoms with Crippen molar-refractivity contribution < 1.29 is 20.1 Å².